The van der Waals surface area contributed by atoms with E-state index in [1.165, 1.54) is 0 Å². The molecule has 0 saturated carbocycles. The van der Waals surface area contributed by atoms with E-state index in [1.807, 2.05) is 78.9 Å². The molecule has 10 rings (SSSR count). The van der Waals surface area contributed by atoms with Gasteiger partial charge in [-0.05, 0) is 41.0 Å². The number of fused-ring (bicyclic) bond motifs is 6. The second kappa shape index (κ2) is 11.4. The Balaban J connectivity index is 1.21. The summed E-state index contributed by atoms with van der Waals surface area (Å²) in [7, 11) is 0. The van der Waals surface area contributed by atoms with Gasteiger partial charge in [-0.15, -0.1) is 0 Å². The maximum absolute atomic E-state index is 6.54. The minimum absolute atomic E-state index is 0.557. The van der Waals surface area contributed by atoms with Gasteiger partial charge in [0.25, 0.3) is 0 Å². The van der Waals surface area contributed by atoms with Gasteiger partial charge in [-0.1, -0.05) is 140 Å². The van der Waals surface area contributed by atoms with Gasteiger partial charge in [0, 0.05) is 43.8 Å². The lowest BCUT2D eigenvalue weighted by atomic mass is 9.95. The van der Waals surface area contributed by atoms with Crippen LogP contribution in [0, 0.1) is 0 Å². The van der Waals surface area contributed by atoms with Crippen molar-refractivity contribution in [3.8, 4) is 56.4 Å². The quantitative estimate of drug-likeness (QED) is 0.187. The normalized spacial score (nSPS) is 11.6. The van der Waals surface area contributed by atoms with E-state index in [-0.39, 0.29) is 0 Å². The van der Waals surface area contributed by atoms with Crippen LogP contribution in [0.15, 0.2) is 173 Å². The molecule has 3 heterocycles. The fourth-order valence-corrected chi connectivity index (χ4v) is 6.95. The minimum Gasteiger partial charge on any atom is -0.456 e. The van der Waals surface area contributed by atoms with Crippen LogP contribution in [0.3, 0.4) is 0 Å². The first kappa shape index (κ1) is 28.2. The monoisotopic (exact) mass is 641 g/mol. The van der Waals surface area contributed by atoms with Crippen molar-refractivity contribution in [2.24, 2.45) is 0 Å². The van der Waals surface area contributed by atoms with Crippen molar-refractivity contribution >= 4 is 43.9 Å². The third-order valence-corrected chi connectivity index (χ3v) is 9.35. The van der Waals surface area contributed by atoms with E-state index in [2.05, 4.69) is 84.9 Å². The number of para-hydroxylation sites is 3. The number of rotatable bonds is 5. The number of aromatic nitrogens is 3. The number of hydrogen-bond donors (Lipinski definition) is 0. The maximum Gasteiger partial charge on any atom is 0.164 e. The van der Waals surface area contributed by atoms with Crippen molar-refractivity contribution in [3.63, 3.8) is 0 Å². The summed E-state index contributed by atoms with van der Waals surface area (Å²) in [5.41, 5.74) is 10.1. The Hall–Kier alpha value is -6.85. The Morgan fingerprint density at radius 3 is 1.56 bits per heavy atom. The van der Waals surface area contributed by atoms with E-state index in [4.69, 9.17) is 23.8 Å². The Bertz CT molecular complexity index is 2850. The lowest BCUT2D eigenvalue weighted by molar-refractivity contribution is 0.669. The second-order valence-electron chi connectivity index (χ2n) is 12.4. The van der Waals surface area contributed by atoms with E-state index >= 15 is 0 Å². The number of nitrogens with zero attached hydrogens (tertiary/aromatic N) is 3. The zero-order chi connectivity index (χ0) is 33.0. The minimum atomic E-state index is 0.557. The molecule has 0 atom stereocenters. The highest BCUT2D eigenvalue weighted by Gasteiger charge is 2.21. The zero-order valence-electron chi connectivity index (χ0n) is 26.7. The molecule has 0 saturated heterocycles. The van der Waals surface area contributed by atoms with Gasteiger partial charge < -0.3 is 8.83 Å². The van der Waals surface area contributed by atoms with Gasteiger partial charge in [-0.2, -0.15) is 0 Å². The van der Waals surface area contributed by atoms with E-state index < -0.39 is 0 Å². The van der Waals surface area contributed by atoms with E-state index in [0.717, 1.165) is 82.8 Å². The first-order valence-corrected chi connectivity index (χ1v) is 16.6. The molecule has 0 fully saturated rings. The fraction of sp³-hybridized carbons (Fsp3) is 0. The summed E-state index contributed by atoms with van der Waals surface area (Å²) in [6, 6.07) is 55.7. The van der Waals surface area contributed by atoms with Crippen molar-refractivity contribution in [1.29, 1.82) is 0 Å². The predicted molar refractivity (Wildman–Crippen MR) is 202 cm³/mol. The third kappa shape index (κ3) is 4.67. The molecule has 0 radical (unpaired) electrons. The zero-order valence-corrected chi connectivity index (χ0v) is 26.7. The Labute approximate surface area is 287 Å². The largest absolute Gasteiger partial charge is 0.456 e. The van der Waals surface area contributed by atoms with E-state index in [1.54, 1.807) is 0 Å². The molecule has 50 heavy (non-hydrogen) atoms. The molecule has 3 aromatic heterocycles. The molecule has 234 valence electrons. The Morgan fingerprint density at radius 1 is 0.320 bits per heavy atom. The molecule has 5 nitrogen and oxygen atoms in total. The first-order chi connectivity index (χ1) is 24.8. The molecule has 10 aromatic rings. The van der Waals surface area contributed by atoms with Crippen molar-refractivity contribution < 1.29 is 8.83 Å². The highest BCUT2D eigenvalue weighted by atomic mass is 16.3. The van der Waals surface area contributed by atoms with Gasteiger partial charge in [-0.3, -0.25) is 0 Å². The van der Waals surface area contributed by atoms with Gasteiger partial charge in [0.05, 0.1) is 0 Å². The van der Waals surface area contributed by atoms with Crippen LogP contribution >= 0.6 is 0 Å². The van der Waals surface area contributed by atoms with Crippen LogP contribution in [-0.2, 0) is 0 Å². The highest BCUT2D eigenvalue weighted by Crippen LogP contribution is 2.43. The summed E-state index contributed by atoms with van der Waals surface area (Å²) in [6.45, 7) is 0. The van der Waals surface area contributed by atoms with Crippen LogP contribution in [0.4, 0.5) is 0 Å². The lowest BCUT2D eigenvalue weighted by Crippen LogP contribution is -2.00. The smallest absolute Gasteiger partial charge is 0.164 e. The summed E-state index contributed by atoms with van der Waals surface area (Å²) >= 11 is 0. The van der Waals surface area contributed by atoms with Gasteiger partial charge in [0.15, 0.2) is 17.5 Å². The molecular weight excluding hydrogens is 615 g/mol. The van der Waals surface area contributed by atoms with Gasteiger partial charge in [-0.25, -0.2) is 15.0 Å². The molecule has 0 amide bonds. The third-order valence-electron chi connectivity index (χ3n) is 9.35. The standard InChI is InChI=1S/C45H27N3O2/c1-3-12-28(13-4-1)29-22-24-31(25-23-29)44-46-43(30-14-5-2-6-15-30)47-45(48-44)32-26-37(41-36-17-8-10-21-39(36)49-40(41)27-32)35-19-11-18-34-33-16-7-9-20-38(33)50-42(34)35/h1-27H. The average molecular weight is 642 g/mol. The molecule has 7 aromatic carbocycles. The van der Waals surface area contributed by atoms with Crippen molar-refractivity contribution in [2.75, 3.05) is 0 Å². The number of benzene rings is 7. The summed E-state index contributed by atoms with van der Waals surface area (Å²) < 4.78 is 13.1. The molecule has 5 heteroatoms. The van der Waals surface area contributed by atoms with Crippen LogP contribution in [-0.4, -0.2) is 15.0 Å². The van der Waals surface area contributed by atoms with E-state index in [0.29, 0.717) is 17.5 Å². The van der Waals surface area contributed by atoms with Crippen LogP contribution in [0.1, 0.15) is 0 Å². The molecule has 0 unspecified atom stereocenters. The van der Waals surface area contributed by atoms with Crippen LogP contribution in [0.5, 0.6) is 0 Å². The maximum atomic E-state index is 6.54. The topological polar surface area (TPSA) is 65.0 Å². The van der Waals surface area contributed by atoms with Crippen LogP contribution in [0.25, 0.3) is 100 Å². The van der Waals surface area contributed by atoms with Crippen LogP contribution in [0.2, 0.25) is 0 Å². The molecule has 0 aliphatic carbocycles. The van der Waals surface area contributed by atoms with Gasteiger partial charge in [0.1, 0.15) is 22.3 Å². The van der Waals surface area contributed by atoms with Gasteiger partial charge >= 0.3 is 0 Å². The summed E-state index contributed by atoms with van der Waals surface area (Å²) in [5.74, 6) is 1.75. The predicted octanol–water partition coefficient (Wildman–Crippen LogP) is 12.0. The summed E-state index contributed by atoms with van der Waals surface area (Å²) in [5, 5.41) is 4.21. The second-order valence-corrected chi connectivity index (χ2v) is 12.4. The SMILES string of the molecule is c1ccc(-c2ccc(-c3nc(-c4ccccc4)nc(-c4cc(-c5cccc6c5oc5ccccc56)c5c(c4)oc4ccccc45)n3)cc2)cc1. The first-order valence-electron chi connectivity index (χ1n) is 16.6. The van der Waals surface area contributed by atoms with E-state index in [9.17, 15) is 0 Å². The summed E-state index contributed by atoms with van der Waals surface area (Å²) in [4.78, 5) is 15.2. The van der Waals surface area contributed by atoms with Crippen LogP contribution < -0.4 is 0 Å². The molecular formula is C45H27N3O2. The Kier molecular flexibility index (Phi) is 6.42. The van der Waals surface area contributed by atoms with Gasteiger partial charge in [0.2, 0.25) is 0 Å². The van der Waals surface area contributed by atoms with Crippen molar-refractivity contribution in [1.82, 2.24) is 15.0 Å². The number of hydrogen-bond acceptors (Lipinski definition) is 5. The average Bonchev–Trinajstić information content (AvgIpc) is 3.77. The number of furan rings is 2. The molecule has 0 N–H and O–H groups in total. The Morgan fingerprint density at radius 2 is 0.840 bits per heavy atom. The lowest BCUT2D eigenvalue weighted by Gasteiger charge is -2.11. The van der Waals surface area contributed by atoms with Crippen molar-refractivity contribution in [3.05, 3.63) is 164 Å². The molecule has 0 aliphatic rings. The summed E-state index contributed by atoms with van der Waals surface area (Å²) in [6.07, 6.45) is 0. The molecule has 0 spiro atoms. The fourth-order valence-electron chi connectivity index (χ4n) is 6.95. The van der Waals surface area contributed by atoms with Crippen molar-refractivity contribution in [2.45, 2.75) is 0 Å². The molecule has 0 bridgehead atoms. The highest BCUT2D eigenvalue weighted by molar-refractivity contribution is 6.18. The molecule has 0 aliphatic heterocycles.